The van der Waals surface area contributed by atoms with Gasteiger partial charge in [0.25, 0.3) is 5.91 Å². The van der Waals surface area contributed by atoms with Crippen LogP contribution in [0.3, 0.4) is 0 Å². The molecule has 0 atom stereocenters. The predicted octanol–water partition coefficient (Wildman–Crippen LogP) is 7.62. The molecule has 200 valence electrons. The lowest BCUT2D eigenvalue weighted by molar-refractivity contribution is 0.0954. The number of amides is 1. The molecular weight excluding hydrogens is 535 g/mol. The highest BCUT2D eigenvalue weighted by molar-refractivity contribution is 6.37. The van der Waals surface area contributed by atoms with E-state index in [1.165, 1.54) is 11.8 Å². The van der Waals surface area contributed by atoms with Gasteiger partial charge < -0.3 is 14.2 Å². The normalized spacial score (nSPS) is 10.9. The fraction of sp³-hybridized carbons (Fsp3) is 0.161. The van der Waals surface area contributed by atoms with Crippen molar-refractivity contribution in [2.45, 2.75) is 27.1 Å². The Labute approximate surface area is 238 Å². The fourth-order valence-corrected chi connectivity index (χ4v) is 4.25. The molecule has 1 N–H and O–H groups in total. The fourth-order valence-electron chi connectivity index (χ4n) is 3.63. The topological polar surface area (TPSA) is 69.2 Å². The smallest absolute Gasteiger partial charge is 0.271 e. The van der Waals surface area contributed by atoms with Gasteiger partial charge in [-0.05, 0) is 60.9 Å². The molecule has 0 aliphatic heterocycles. The summed E-state index contributed by atoms with van der Waals surface area (Å²) >= 11 is 12.8. The van der Waals surface area contributed by atoms with Gasteiger partial charge in [0.05, 0.1) is 22.9 Å². The van der Waals surface area contributed by atoms with E-state index in [0.717, 1.165) is 11.1 Å². The Bertz CT molecular complexity index is 1420. The number of halogens is 2. The number of carbonyl (C=O) groups is 1. The Morgan fingerprint density at radius 3 is 2.18 bits per heavy atom. The van der Waals surface area contributed by atoms with Crippen LogP contribution in [-0.4, -0.2) is 18.7 Å². The number of nitrogens with one attached hydrogen (secondary N) is 1. The molecule has 39 heavy (non-hydrogen) atoms. The van der Waals surface area contributed by atoms with Crippen molar-refractivity contribution in [1.29, 1.82) is 0 Å². The van der Waals surface area contributed by atoms with Crippen LogP contribution in [-0.2, 0) is 13.2 Å². The summed E-state index contributed by atoms with van der Waals surface area (Å²) in [7, 11) is 0. The minimum atomic E-state index is -0.406. The number of hydrogen-bond acceptors (Lipinski definition) is 5. The lowest BCUT2D eigenvalue weighted by atomic mass is 10.2. The standard InChI is InChI=1S/C31H28Cl2N2O4/c1-3-37-29-17-25(13-14-28(29)38-19-22-7-5-4-6-8-22)31(36)35-34-18-24-15-26(32)30(27(33)16-24)39-20-23-11-9-21(2)10-12-23/h4-18H,3,19-20H2,1-2H3,(H,35,36)/b34-18+. The number of benzene rings is 4. The van der Waals surface area contributed by atoms with E-state index in [2.05, 4.69) is 10.5 Å². The summed E-state index contributed by atoms with van der Waals surface area (Å²) in [6, 6.07) is 26.1. The number of hydrogen-bond donors (Lipinski definition) is 1. The summed E-state index contributed by atoms with van der Waals surface area (Å²) in [4.78, 5) is 12.7. The largest absolute Gasteiger partial charge is 0.490 e. The van der Waals surface area contributed by atoms with Crippen LogP contribution in [0.5, 0.6) is 17.2 Å². The first-order valence-electron chi connectivity index (χ1n) is 12.4. The number of carbonyl (C=O) groups excluding carboxylic acids is 1. The van der Waals surface area contributed by atoms with E-state index in [1.807, 2.05) is 68.4 Å². The van der Waals surface area contributed by atoms with Crippen LogP contribution in [0.2, 0.25) is 10.0 Å². The second-order valence-electron chi connectivity index (χ2n) is 8.66. The molecule has 0 saturated heterocycles. The Morgan fingerprint density at radius 2 is 1.49 bits per heavy atom. The van der Waals surface area contributed by atoms with Crippen molar-refractivity contribution in [1.82, 2.24) is 5.43 Å². The van der Waals surface area contributed by atoms with Gasteiger partial charge in [-0.15, -0.1) is 0 Å². The minimum Gasteiger partial charge on any atom is -0.490 e. The van der Waals surface area contributed by atoms with Gasteiger partial charge in [-0.1, -0.05) is 83.4 Å². The zero-order valence-corrected chi connectivity index (χ0v) is 23.1. The molecule has 0 bridgehead atoms. The van der Waals surface area contributed by atoms with E-state index < -0.39 is 5.91 Å². The maximum Gasteiger partial charge on any atom is 0.271 e. The van der Waals surface area contributed by atoms with E-state index in [0.29, 0.717) is 58.2 Å². The van der Waals surface area contributed by atoms with E-state index in [4.69, 9.17) is 37.4 Å². The van der Waals surface area contributed by atoms with Crippen molar-refractivity contribution >= 4 is 35.3 Å². The first-order valence-corrected chi connectivity index (χ1v) is 13.1. The monoisotopic (exact) mass is 562 g/mol. The van der Waals surface area contributed by atoms with Gasteiger partial charge in [0, 0.05) is 5.56 Å². The predicted molar refractivity (Wildman–Crippen MR) is 155 cm³/mol. The van der Waals surface area contributed by atoms with Crippen LogP contribution in [0.25, 0.3) is 0 Å². The molecule has 0 aliphatic carbocycles. The van der Waals surface area contributed by atoms with Gasteiger partial charge in [-0.2, -0.15) is 5.10 Å². The lowest BCUT2D eigenvalue weighted by Crippen LogP contribution is -2.17. The maximum atomic E-state index is 12.7. The van der Waals surface area contributed by atoms with Crippen molar-refractivity contribution < 1.29 is 19.0 Å². The van der Waals surface area contributed by atoms with Crippen LogP contribution >= 0.6 is 23.2 Å². The second kappa shape index (κ2) is 13.7. The van der Waals surface area contributed by atoms with Gasteiger partial charge in [0.15, 0.2) is 17.2 Å². The van der Waals surface area contributed by atoms with Crippen LogP contribution in [0.15, 0.2) is 90.0 Å². The third kappa shape index (κ3) is 7.99. The minimum absolute atomic E-state index is 0.336. The van der Waals surface area contributed by atoms with Gasteiger partial charge in [0.2, 0.25) is 0 Å². The molecule has 0 spiro atoms. The van der Waals surface area contributed by atoms with Crippen LogP contribution in [0.4, 0.5) is 0 Å². The van der Waals surface area contributed by atoms with E-state index in [-0.39, 0.29) is 0 Å². The molecule has 0 saturated carbocycles. The number of nitrogens with zero attached hydrogens (tertiary/aromatic N) is 1. The Balaban J connectivity index is 1.37. The zero-order valence-electron chi connectivity index (χ0n) is 21.6. The molecule has 4 rings (SSSR count). The number of rotatable bonds is 11. The van der Waals surface area contributed by atoms with Crippen molar-refractivity contribution in [3.05, 3.63) is 123 Å². The van der Waals surface area contributed by atoms with Crippen LogP contribution in [0, 0.1) is 6.92 Å². The quantitative estimate of drug-likeness (QED) is 0.151. The summed E-state index contributed by atoms with van der Waals surface area (Å²) < 4.78 is 17.4. The molecule has 0 radical (unpaired) electrons. The average molecular weight is 563 g/mol. The Morgan fingerprint density at radius 1 is 0.821 bits per heavy atom. The second-order valence-corrected chi connectivity index (χ2v) is 9.47. The summed E-state index contributed by atoms with van der Waals surface area (Å²) in [5.41, 5.74) is 6.70. The van der Waals surface area contributed by atoms with Crippen LogP contribution in [0.1, 0.15) is 39.5 Å². The third-order valence-corrected chi connectivity index (χ3v) is 6.21. The van der Waals surface area contributed by atoms with Crippen LogP contribution < -0.4 is 19.6 Å². The van der Waals surface area contributed by atoms with Crippen molar-refractivity contribution in [2.24, 2.45) is 5.10 Å². The summed E-state index contributed by atoms with van der Waals surface area (Å²) in [6.45, 7) is 5.04. The molecule has 4 aromatic carbocycles. The average Bonchev–Trinajstić information content (AvgIpc) is 2.93. The molecule has 8 heteroatoms. The number of ether oxygens (including phenoxy) is 3. The lowest BCUT2D eigenvalue weighted by Gasteiger charge is -2.13. The highest BCUT2D eigenvalue weighted by Crippen LogP contribution is 2.34. The van der Waals surface area contributed by atoms with E-state index in [1.54, 1.807) is 30.3 Å². The highest BCUT2D eigenvalue weighted by atomic mass is 35.5. The molecule has 0 fully saturated rings. The van der Waals surface area contributed by atoms with E-state index >= 15 is 0 Å². The zero-order chi connectivity index (χ0) is 27.6. The Hall–Kier alpha value is -4.00. The first kappa shape index (κ1) is 28.0. The SMILES string of the molecule is CCOc1cc(C(=O)N/N=C/c2cc(Cl)c(OCc3ccc(C)cc3)c(Cl)c2)ccc1OCc1ccccc1. The summed E-state index contributed by atoms with van der Waals surface area (Å²) in [6.07, 6.45) is 1.46. The summed E-state index contributed by atoms with van der Waals surface area (Å²) in [5.74, 6) is 1.01. The molecule has 0 aromatic heterocycles. The Kier molecular flexibility index (Phi) is 9.84. The highest BCUT2D eigenvalue weighted by Gasteiger charge is 2.13. The van der Waals surface area contributed by atoms with E-state index in [9.17, 15) is 4.79 Å². The maximum absolute atomic E-state index is 12.7. The molecule has 0 unspecified atom stereocenters. The number of aryl methyl sites for hydroxylation is 1. The molecule has 6 nitrogen and oxygen atoms in total. The molecular formula is C31H28Cl2N2O4. The molecule has 1 amide bonds. The van der Waals surface area contributed by atoms with Crippen molar-refractivity contribution in [3.8, 4) is 17.2 Å². The van der Waals surface area contributed by atoms with Gasteiger partial charge >= 0.3 is 0 Å². The molecule has 0 heterocycles. The molecule has 4 aromatic rings. The van der Waals surface area contributed by atoms with Gasteiger partial charge in [0.1, 0.15) is 13.2 Å². The summed E-state index contributed by atoms with van der Waals surface area (Å²) in [5, 5.41) is 4.74. The first-order chi connectivity index (χ1) is 18.9. The third-order valence-electron chi connectivity index (χ3n) is 5.65. The van der Waals surface area contributed by atoms with Crippen molar-refractivity contribution in [3.63, 3.8) is 0 Å². The van der Waals surface area contributed by atoms with Crippen molar-refractivity contribution in [2.75, 3.05) is 6.61 Å². The number of hydrazone groups is 1. The molecule has 0 aliphatic rings. The van der Waals surface area contributed by atoms with Gasteiger partial charge in [-0.25, -0.2) is 5.43 Å². The van der Waals surface area contributed by atoms with Gasteiger partial charge in [-0.3, -0.25) is 4.79 Å².